The number of fused-ring (bicyclic) bond motifs is 3. The third-order valence-electron chi connectivity index (χ3n) is 30.5. The number of Topliss-reactive ketones (excluding diaryl/α,β-unsaturated/α-hetero) is 3. The van der Waals surface area contributed by atoms with Crippen LogP contribution in [0.5, 0.6) is 0 Å². The zero-order valence-corrected chi connectivity index (χ0v) is 95.7. The lowest BCUT2D eigenvalue weighted by Gasteiger charge is -2.38. The van der Waals surface area contributed by atoms with Gasteiger partial charge < -0.3 is 78.5 Å². The highest BCUT2D eigenvalue weighted by Crippen LogP contribution is 2.56. The second-order valence-electron chi connectivity index (χ2n) is 50.1. The van der Waals surface area contributed by atoms with Crippen molar-refractivity contribution >= 4 is 119 Å². The molecule has 4 saturated carbocycles. The van der Waals surface area contributed by atoms with Crippen LogP contribution in [0, 0.1) is 84.2 Å². The van der Waals surface area contributed by atoms with E-state index in [1.165, 1.54) is 46.2 Å². The second kappa shape index (κ2) is 50.3. The van der Waals surface area contributed by atoms with E-state index in [0.717, 1.165) is 63.7 Å². The van der Waals surface area contributed by atoms with Gasteiger partial charge in [-0.25, -0.2) is 52.6 Å². The van der Waals surface area contributed by atoms with E-state index >= 15 is 0 Å². The van der Waals surface area contributed by atoms with Crippen molar-refractivity contribution in [3.05, 3.63) is 25.3 Å². The van der Waals surface area contributed by atoms with Gasteiger partial charge in [-0.05, 0) is 155 Å². The molecule has 7 fully saturated rings. The van der Waals surface area contributed by atoms with Gasteiger partial charge >= 0.3 is 18.1 Å². The maximum atomic E-state index is 14.6. The SMILES string of the molecule is C=CCNC(=O)C(=O)C(CCC)NC(=O)[C@@H]1[C@H]2CCC(C)(C)[C@H]2CN1C(=O)[C@@H](NC(=O)N[C@H](CN(C)S(C)(=O)=O)C(C)(C)C)C(C)(C)C.C=CCNC(=O)C(=O)C(CCCC)NC(=O)[C@@H]1[C@H]2CCC(C)(C)[C@H]2CN1C(=O)[C@@H](NC(=O)N[C@H](CN(C)S(C)(=O)=O)C(C)(C)C)C(C)(C)C.CCCC(NC(=O)[C@@H]1[C@H]2CCC(C)(C)[C@H]2CN1C(=O)[C@@H](NC(=O)N[C@H](CN(C)S(C)(=O)=O)C(C)(C)C)C(C)(C)C)C(=O)C(=O)NC1CC1. The van der Waals surface area contributed by atoms with Gasteiger partial charge in [-0.1, -0.05) is 225 Å². The molecule has 7 rings (SSSR count). The Kier molecular flexibility index (Phi) is 43.9. The molecule has 4 aliphatic carbocycles. The van der Waals surface area contributed by atoms with Crippen LogP contribution in [0.2, 0.25) is 0 Å². The number of amides is 15. The molecule has 3 saturated heterocycles. The molecule has 0 aromatic heterocycles. The molecule has 0 bridgehead atoms. The number of likely N-dealkylation sites (N-methyl/N-ethyl adjacent to an activating group) is 3. The fourth-order valence-corrected chi connectivity index (χ4v) is 21.7. The van der Waals surface area contributed by atoms with E-state index in [-0.39, 0.29) is 103 Å². The van der Waals surface area contributed by atoms with E-state index in [2.05, 4.69) is 119 Å². The standard InChI is InChI=1S/C35H62N6O7S.2C34H60N6O7S/c1-13-15-16-24(27(42)30(44)36-19-14-2)37-29(43)26-22-17-18-35(9,10)23(22)20-41(26)31(45)28(34(6,7)8)39-32(46)38-25(33(3,4)5)21-40(11)49(12,47)48;1-12-13-23(26(41)29(43)35-20-14-15-20)36-28(42)25-21-16-17-34(8,9)22(21)18-40(25)30(44)27(33(5,6)7)38-31(45)37-24(32(2,3)4)19-39(10)48(11,46)47;1-13-15-23(26(41)29(43)35-18-14-2)36-28(42)25-21-16-17-34(9,10)22(21)19-40(25)30(44)27(33(6,7)8)38-31(45)37-24(32(3,4)5)20-39(11)48(12,46)47/h14,22-26,28H,2,13,15-21H2,1,3-12H3,(H,36,44)(H,37,43)(H2,38,39,46);20-25,27H,12-19H2,1-11H3,(H,35,43)(H,36,42)(H2,37,38,45);14,21-25,27H,2,13,15-20H2,1,3-12H3,(H,35,43)(H,36,42)(H2,37,38,45)/t22-,23-,24?,25+,26-,28+;2*21-,22-,23?,24+,25-,27+/m000/s1. The number of sulfonamides is 3. The molecule has 3 unspecified atom stereocenters. The lowest BCUT2D eigenvalue weighted by Crippen LogP contribution is -2.62. The minimum absolute atomic E-state index is 0.00199. The van der Waals surface area contributed by atoms with Crippen molar-refractivity contribution in [1.82, 2.24) is 91.4 Å². The maximum Gasteiger partial charge on any atom is 0.315 e. The summed E-state index contributed by atoms with van der Waals surface area (Å²) in [6.07, 6.45) is 15.9. The topological polar surface area (TPSA) is 522 Å². The van der Waals surface area contributed by atoms with Crippen LogP contribution in [0.25, 0.3) is 0 Å². The molecule has 12 N–H and O–H groups in total. The first-order valence-corrected chi connectivity index (χ1v) is 57.1. The molecule has 3 heterocycles. The van der Waals surface area contributed by atoms with Crippen molar-refractivity contribution in [2.75, 3.05) is 92.3 Å². The number of unbranched alkanes of at least 4 members (excludes halogenated alkanes) is 1. The van der Waals surface area contributed by atoms with Gasteiger partial charge in [0.2, 0.25) is 82.9 Å². The Labute approximate surface area is 865 Å². The Bertz CT molecular complexity index is 5000. The summed E-state index contributed by atoms with van der Waals surface area (Å²) in [6.45, 7) is 60.2. The summed E-state index contributed by atoms with van der Waals surface area (Å²) >= 11 is 0. The Hall–Kier alpha value is -8.74. The van der Waals surface area contributed by atoms with Crippen LogP contribution in [0.4, 0.5) is 14.4 Å². The van der Waals surface area contributed by atoms with E-state index in [4.69, 9.17) is 0 Å². The molecule has 0 radical (unpaired) electrons. The molecule has 145 heavy (non-hydrogen) atoms. The molecule has 42 heteroatoms. The number of carbonyl (C=O) groups excluding carboxylic acids is 15. The lowest BCUT2D eigenvalue weighted by atomic mass is 9.79. The predicted molar refractivity (Wildman–Crippen MR) is 561 cm³/mol. The van der Waals surface area contributed by atoms with Crippen molar-refractivity contribution in [2.24, 2.45) is 84.2 Å². The van der Waals surface area contributed by atoms with Crippen LogP contribution in [0.3, 0.4) is 0 Å². The first kappa shape index (κ1) is 127. The number of urea groups is 3. The lowest BCUT2D eigenvalue weighted by molar-refractivity contribution is -0.144. The Balaban J connectivity index is 0.000000383. The molecule has 3 aliphatic heterocycles. The van der Waals surface area contributed by atoms with Crippen LogP contribution in [-0.2, 0) is 87.6 Å². The molecule has 0 aromatic carbocycles. The van der Waals surface area contributed by atoms with Crippen molar-refractivity contribution in [3.8, 4) is 0 Å². The minimum Gasteiger partial charge on any atom is -0.347 e. The fourth-order valence-electron chi connectivity index (χ4n) is 20.4. The third-order valence-corrected chi connectivity index (χ3v) is 34.4. The largest absolute Gasteiger partial charge is 0.347 e. The fraction of sp³-hybridized carbons (Fsp3) is 0.816. The number of likely N-dealkylation sites (tertiary alicyclic amines) is 3. The summed E-state index contributed by atoms with van der Waals surface area (Å²) in [6, 6.07) is -12.5. The van der Waals surface area contributed by atoms with Gasteiger partial charge in [0.1, 0.15) is 36.3 Å². The second-order valence-corrected chi connectivity index (χ2v) is 56.3. The predicted octanol–water partition coefficient (Wildman–Crippen LogP) is 7.64. The zero-order valence-electron chi connectivity index (χ0n) is 93.3. The zero-order chi connectivity index (χ0) is 111. The Morgan fingerprint density at radius 3 is 0.821 bits per heavy atom. The van der Waals surface area contributed by atoms with E-state index in [1.54, 1.807) is 14.7 Å². The van der Waals surface area contributed by atoms with E-state index in [9.17, 15) is 97.2 Å². The van der Waals surface area contributed by atoms with E-state index in [1.807, 2.05) is 145 Å². The van der Waals surface area contributed by atoms with Crippen LogP contribution >= 0.6 is 0 Å². The van der Waals surface area contributed by atoms with Gasteiger partial charge in [0.15, 0.2) is 0 Å². The van der Waals surface area contributed by atoms with Gasteiger partial charge in [-0.15, -0.1) is 13.2 Å². The van der Waals surface area contributed by atoms with Gasteiger partial charge in [-0.3, -0.25) is 57.5 Å². The highest BCUT2D eigenvalue weighted by Gasteiger charge is 2.62. The van der Waals surface area contributed by atoms with E-state index in [0.29, 0.717) is 58.2 Å². The monoisotopic (exact) mass is 2100 g/mol. The summed E-state index contributed by atoms with van der Waals surface area (Å²) in [7, 11) is -6.18. The van der Waals surface area contributed by atoms with Crippen LogP contribution in [0.15, 0.2) is 25.3 Å². The maximum absolute atomic E-state index is 14.6. The van der Waals surface area contributed by atoms with Crippen molar-refractivity contribution < 1.29 is 97.2 Å². The number of ketones is 3. The molecule has 39 nitrogen and oxygen atoms in total. The van der Waals surface area contributed by atoms with Crippen LogP contribution in [0.1, 0.15) is 283 Å². The van der Waals surface area contributed by atoms with Gasteiger partial charge in [0, 0.05) is 97.7 Å². The quantitative estimate of drug-likeness (QED) is 0.0206. The van der Waals surface area contributed by atoms with Gasteiger partial charge in [0.05, 0.1) is 36.9 Å². The molecule has 0 aromatic rings. The van der Waals surface area contributed by atoms with Crippen molar-refractivity contribution in [2.45, 2.75) is 362 Å². The molecule has 0 spiro atoms. The van der Waals surface area contributed by atoms with Gasteiger partial charge in [-0.2, -0.15) is 0 Å². The van der Waals surface area contributed by atoms with Crippen molar-refractivity contribution in [3.63, 3.8) is 0 Å². The smallest absolute Gasteiger partial charge is 0.315 e. The number of nitrogens with one attached hydrogen (secondary N) is 12. The van der Waals surface area contributed by atoms with Gasteiger partial charge in [0.25, 0.3) is 17.7 Å². The molecule has 15 amide bonds. The van der Waals surface area contributed by atoms with E-state index < -0.39 is 224 Å². The van der Waals surface area contributed by atoms with Crippen LogP contribution in [-0.4, -0.2) is 312 Å². The average Bonchev–Trinajstić information content (AvgIpc) is 1.59. The highest BCUT2D eigenvalue weighted by atomic mass is 32.2. The first-order chi connectivity index (χ1) is 66.1. The average molecular weight is 2100 g/mol. The summed E-state index contributed by atoms with van der Waals surface area (Å²) in [5.41, 5.74) is -4.27. The minimum atomic E-state index is -3.51. The van der Waals surface area contributed by atoms with Crippen LogP contribution < -0.4 is 63.8 Å². The molecular weight excluding hydrogens is 1920 g/mol. The Morgan fingerprint density at radius 2 is 0.607 bits per heavy atom. The molecular formula is C103H182N18O21S3. The summed E-state index contributed by atoms with van der Waals surface area (Å²) < 4.78 is 76.3. The summed E-state index contributed by atoms with van der Waals surface area (Å²) in [5, 5.41) is 33.4. The summed E-state index contributed by atoms with van der Waals surface area (Å²) in [5.74, 6) is -7.63. The molecule has 828 valence electrons. The highest BCUT2D eigenvalue weighted by molar-refractivity contribution is 7.88. The summed E-state index contributed by atoms with van der Waals surface area (Å²) in [4.78, 5) is 209. The number of carbonyl (C=O) groups is 15. The number of rotatable bonds is 42. The number of hydrogen-bond acceptors (Lipinski definition) is 21. The first-order valence-electron chi connectivity index (χ1n) is 51.6. The number of nitrogens with zero attached hydrogens (tertiary/aromatic N) is 6. The Morgan fingerprint density at radius 1 is 0.359 bits per heavy atom. The number of hydrogen-bond donors (Lipinski definition) is 12. The van der Waals surface area contributed by atoms with Crippen molar-refractivity contribution in [1.29, 1.82) is 0 Å². The normalized spacial score (nSPS) is 23.1. The molecule has 18 atom stereocenters. The molecule has 7 aliphatic rings. The third kappa shape index (κ3) is 34.9.